The second-order valence-corrected chi connectivity index (χ2v) is 4.86. The van der Waals surface area contributed by atoms with Gasteiger partial charge in [-0.25, -0.2) is 4.79 Å². The van der Waals surface area contributed by atoms with Crippen molar-refractivity contribution >= 4 is 11.9 Å². The maximum atomic E-state index is 10.9. The molecule has 0 aromatic carbocycles. The van der Waals surface area contributed by atoms with E-state index in [-0.39, 0.29) is 5.57 Å². The van der Waals surface area contributed by atoms with E-state index in [9.17, 15) is 14.7 Å². The number of aliphatic hydroxyl groups excluding tert-OH is 1. The largest absolute Gasteiger partial charge is 0.481 e. The molecule has 1 atom stereocenters. The van der Waals surface area contributed by atoms with Crippen LogP contribution in [-0.4, -0.2) is 57.6 Å². The highest BCUT2D eigenvalue weighted by atomic mass is 16.4. The summed E-state index contributed by atoms with van der Waals surface area (Å²) in [6.45, 7) is 7.98. The van der Waals surface area contributed by atoms with Gasteiger partial charge in [-0.3, -0.25) is 9.28 Å². The molecule has 0 heterocycles. The van der Waals surface area contributed by atoms with Gasteiger partial charge in [0.2, 0.25) is 0 Å². The Bertz CT molecular complexity index is 361. The minimum atomic E-state index is -1.20. The SMILES string of the molecule is CCC(O)[N+](CC)(CC)CCC=C(CC(=O)O)C(=O)O. The Morgan fingerprint density at radius 2 is 1.70 bits per heavy atom. The van der Waals surface area contributed by atoms with Crippen LogP contribution in [0.15, 0.2) is 11.6 Å². The number of carbonyl (C=O) groups is 2. The quantitative estimate of drug-likeness (QED) is 0.321. The van der Waals surface area contributed by atoms with Crippen molar-refractivity contribution in [3.05, 3.63) is 11.6 Å². The lowest BCUT2D eigenvalue weighted by Crippen LogP contribution is -2.55. The molecular formula is C14H26NO5+. The number of hydrogen-bond donors (Lipinski definition) is 3. The summed E-state index contributed by atoms with van der Waals surface area (Å²) in [7, 11) is 0. The number of carboxylic acids is 2. The normalized spacial score (nSPS) is 14.1. The van der Waals surface area contributed by atoms with E-state index in [1.54, 1.807) is 0 Å². The van der Waals surface area contributed by atoms with Crippen LogP contribution in [0.5, 0.6) is 0 Å². The van der Waals surface area contributed by atoms with Gasteiger partial charge in [0.25, 0.3) is 0 Å². The van der Waals surface area contributed by atoms with Crippen molar-refractivity contribution in [3.63, 3.8) is 0 Å². The molecule has 0 bridgehead atoms. The number of rotatable bonds is 10. The molecule has 20 heavy (non-hydrogen) atoms. The number of quaternary nitrogens is 1. The molecule has 0 amide bonds. The Hall–Kier alpha value is -1.40. The van der Waals surface area contributed by atoms with Gasteiger partial charge >= 0.3 is 11.9 Å². The maximum absolute atomic E-state index is 10.9. The van der Waals surface area contributed by atoms with Crippen molar-refractivity contribution in [2.75, 3.05) is 19.6 Å². The van der Waals surface area contributed by atoms with Crippen LogP contribution < -0.4 is 0 Å². The molecule has 0 saturated carbocycles. The topological polar surface area (TPSA) is 94.8 Å². The standard InChI is InChI=1S/C14H25NO5/c1-4-12(16)15(5-2,6-3)9-7-8-11(14(19)20)10-13(17)18/h8,12,16H,4-7,9-10H2,1-3H3,(H-,17,18,19,20)/p+1. The highest BCUT2D eigenvalue weighted by Gasteiger charge is 2.30. The minimum absolute atomic E-state index is 0.103. The predicted molar refractivity (Wildman–Crippen MR) is 75.1 cm³/mol. The molecule has 0 aliphatic heterocycles. The number of aliphatic carboxylic acids is 2. The Balaban J connectivity index is 4.84. The molecule has 0 saturated heterocycles. The summed E-state index contributed by atoms with van der Waals surface area (Å²) in [5.74, 6) is -2.35. The fourth-order valence-corrected chi connectivity index (χ4v) is 2.39. The minimum Gasteiger partial charge on any atom is -0.481 e. The first-order valence-corrected chi connectivity index (χ1v) is 7.00. The smallest absolute Gasteiger partial charge is 0.331 e. The fraction of sp³-hybridized carbons (Fsp3) is 0.714. The molecule has 0 radical (unpaired) electrons. The molecule has 0 aromatic rings. The van der Waals surface area contributed by atoms with Crippen LogP contribution in [0.25, 0.3) is 0 Å². The lowest BCUT2D eigenvalue weighted by Gasteiger charge is -2.40. The summed E-state index contributed by atoms with van der Waals surface area (Å²) in [6.07, 6.45) is 1.56. The van der Waals surface area contributed by atoms with Gasteiger partial charge in [-0.15, -0.1) is 0 Å². The van der Waals surface area contributed by atoms with E-state index < -0.39 is 24.6 Å². The van der Waals surface area contributed by atoms with Crippen molar-refractivity contribution in [3.8, 4) is 0 Å². The highest BCUT2D eigenvalue weighted by molar-refractivity contribution is 5.91. The van der Waals surface area contributed by atoms with E-state index in [1.807, 2.05) is 20.8 Å². The Morgan fingerprint density at radius 3 is 2.05 bits per heavy atom. The zero-order chi connectivity index (χ0) is 15.8. The van der Waals surface area contributed by atoms with Crippen LogP contribution >= 0.6 is 0 Å². The van der Waals surface area contributed by atoms with Crippen molar-refractivity contribution in [1.29, 1.82) is 0 Å². The third kappa shape index (κ3) is 5.30. The summed E-state index contributed by atoms with van der Waals surface area (Å²) >= 11 is 0. The van der Waals surface area contributed by atoms with Crippen LogP contribution in [0, 0.1) is 0 Å². The van der Waals surface area contributed by atoms with Crippen molar-refractivity contribution in [2.45, 2.75) is 46.3 Å². The van der Waals surface area contributed by atoms with Crippen LogP contribution in [0.3, 0.4) is 0 Å². The lowest BCUT2D eigenvalue weighted by molar-refractivity contribution is -0.968. The van der Waals surface area contributed by atoms with Crippen LogP contribution in [0.2, 0.25) is 0 Å². The zero-order valence-electron chi connectivity index (χ0n) is 12.5. The van der Waals surface area contributed by atoms with E-state index in [0.29, 0.717) is 23.9 Å². The molecule has 0 fully saturated rings. The number of nitrogens with zero attached hydrogens (tertiary/aromatic N) is 1. The van der Waals surface area contributed by atoms with Gasteiger partial charge in [-0.1, -0.05) is 13.0 Å². The number of carboxylic acid groups (broad SMARTS) is 2. The molecule has 0 aromatic heterocycles. The molecule has 3 N–H and O–H groups in total. The van der Waals surface area contributed by atoms with Gasteiger partial charge < -0.3 is 15.3 Å². The first kappa shape index (κ1) is 18.6. The van der Waals surface area contributed by atoms with Crippen LogP contribution in [0.4, 0.5) is 0 Å². The lowest BCUT2D eigenvalue weighted by atomic mass is 10.1. The van der Waals surface area contributed by atoms with E-state index in [2.05, 4.69) is 0 Å². The fourth-order valence-electron chi connectivity index (χ4n) is 2.39. The number of hydrogen-bond acceptors (Lipinski definition) is 3. The van der Waals surface area contributed by atoms with Crippen molar-refractivity contribution in [2.24, 2.45) is 0 Å². The maximum Gasteiger partial charge on any atom is 0.331 e. The molecule has 0 aliphatic rings. The summed E-state index contributed by atoms with van der Waals surface area (Å²) in [5, 5.41) is 27.7. The predicted octanol–water partition coefficient (Wildman–Crippen LogP) is 1.45. The molecule has 6 nitrogen and oxygen atoms in total. The average molecular weight is 288 g/mol. The monoisotopic (exact) mass is 288 g/mol. The first-order chi connectivity index (χ1) is 9.32. The summed E-state index contributed by atoms with van der Waals surface area (Å²) in [4.78, 5) is 21.5. The molecular weight excluding hydrogens is 262 g/mol. The third-order valence-electron chi connectivity index (χ3n) is 3.84. The van der Waals surface area contributed by atoms with E-state index in [4.69, 9.17) is 10.2 Å². The van der Waals surface area contributed by atoms with E-state index in [0.717, 1.165) is 13.1 Å². The summed E-state index contributed by atoms with van der Waals surface area (Å²) in [5.41, 5.74) is -0.103. The Morgan fingerprint density at radius 1 is 1.15 bits per heavy atom. The highest BCUT2D eigenvalue weighted by Crippen LogP contribution is 2.16. The first-order valence-electron chi connectivity index (χ1n) is 7.00. The van der Waals surface area contributed by atoms with Crippen molar-refractivity contribution in [1.82, 2.24) is 0 Å². The second kappa shape index (κ2) is 8.71. The van der Waals surface area contributed by atoms with Gasteiger partial charge in [0, 0.05) is 18.4 Å². The molecule has 0 rings (SSSR count). The van der Waals surface area contributed by atoms with Gasteiger partial charge in [-0.2, -0.15) is 0 Å². The van der Waals surface area contributed by atoms with Gasteiger partial charge in [0.1, 0.15) is 0 Å². The molecule has 1 unspecified atom stereocenters. The summed E-state index contributed by atoms with van der Waals surface area (Å²) < 4.78 is 0.493. The van der Waals surface area contributed by atoms with Gasteiger partial charge in [-0.05, 0) is 13.8 Å². The molecule has 6 heteroatoms. The number of aliphatic hydroxyl groups is 1. The molecule has 116 valence electrons. The second-order valence-electron chi connectivity index (χ2n) is 4.86. The van der Waals surface area contributed by atoms with Gasteiger partial charge in [0.05, 0.1) is 26.1 Å². The average Bonchev–Trinajstić information content (AvgIpc) is 2.41. The van der Waals surface area contributed by atoms with E-state index in [1.165, 1.54) is 6.08 Å². The van der Waals surface area contributed by atoms with Crippen molar-refractivity contribution < 1.29 is 29.4 Å². The van der Waals surface area contributed by atoms with Gasteiger partial charge in [0.15, 0.2) is 6.23 Å². The van der Waals surface area contributed by atoms with E-state index >= 15 is 0 Å². The molecule has 0 aliphatic carbocycles. The molecule has 0 spiro atoms. The summed E-state index contributed by atoms with van der Waals surface area (Å²) in [6, 6.07) is 0. The Labute approximate surface area is 119 Å². The zero-order valence-corrected chi connectivity index (χ0v) is 12.5. The van der Waals surface area contributed by atoms with Crippen LogP contribution in [-0.2, 0) is 9.59 Å². The Kier molecular flexibility index (Phi) is 8.10. The van der Waals surface area contributed by atoms with Crippen LogP contribution in [0.1, 0.15) is 40.0 Å². The third-order valence-corrected chi connectivity index (χ3v) is 3.84.